The number of carbonyl (C=O) groups is 3. The van der Waals surface area contributed by atoms with Gasteiger partial charge in [0.2, 0.25) is 16.8 Å². The van der Waals surface area contributed by atoms with E-state index in [-0.39, 0.29) is 31.2 Å². The minimum Gasteiger partial charge on any atom is -0.458 e. The first-order valence-electron chi connectivity index (χ1n) is 10.5. The third-order valence-corrected chi connectivity index (χ3v) is 8.40. The molecule has 0 aromatic heterocycles. The minimum absolute atomic E-state index is 0.00360. The fraction of sp³-hybridized carbons (Fsp3) is 0.348. The highest BCUT2D eigenvalue weighted by Crippen LogP contribution is 2.47. The van der Waals surface area contributed by atoms with Crippen LogP contribution in [0, 0.1) is 10.1 Å². The Morgan fingerprint density at radius 1 is 1.17 bits per heavy atom. The molecule has 1 aliphatic heterocycles. The number of carbonyl (C=O) groups excluding carboxylic acids is 3. The molecule has 3 rings (SSSR count). The zero-order chi connectivity index (χ0) is 25.8. The van der Waals surface area contributed by atoms with E-state index >= 15 is 0 Å². The summed E-state index contributed by atoms with van der Waals surface area (Å²) < 4.78 is 4.22. The number of nitrogens with zero attached hydrogens (tertiary/aromatic N) is 2. The number of alkyl halides is 1. The number of nitro groups is 1. The largest absolute Gasteiger partial charge is 0.458 e. The maximum Gasteiger partial charge on any atom is 0.349 e. The van der Waals surface area contributed by atoms with Crippen molar-refractivity contribution in [1.82, 2.24) is 10.2 Å². The summed E-state index contributed by atoms with van der Waals surface area (Å²) in [7, 11) is 6.79. The van der Waals surface area contributed by atoms with Crippen LogP contribution >= 0.6 is 33.3 Å². The monoisotopic (exact) mass is 539 g/mol. The lowest BCUT2D eigenvalue weighted by Crippen LogP contribution is -2.75. The van der Waals surface area contributed by atoms with Gasteiger partial charge in [0.05, 0.1) is 22.6 Å². The number of nitro benzene ring substituents is 1. The highest BCUT2D eigenvalue weighted by Gasteiger charge is 2.62. The van der Waals surface area contributed by atoms with E-state index in [9.17, 15) is 24.5 Å². The molecule has 1 N–H and O–H groups in total. The van der Waals surface area contributed by atoms with Crippen LogP contribution in [0.25, 0.3) is 0 Å². The number of hydrogen-bond donors (Lipinski definition) is 1. The van der Waals surface area contributed by atoms with E-state index in [2.05, 4.69) is 5.32 Å². The van der Waals surface area contributed by atoms with Crippen LogP contribution in [0.1, 0.15) is 25.0 Å². The van der Waals surface area contributed by atoms with Crippen LogP contribution in [0.15, 0.2) is 54.6 Å². The van der Waals surface area contributed by atoms with E-state index in [1.54, 1.807) is 26.0 Å². The smallest absolute Gasteiger partial charge is 0.349 e. The van der Waals surface area contributed by atoms with Crippen molar-refractivity contribution in [1.29, 1.82) is 0 Å². The predicted octanol–water partition coefficient (Wildman–Crippen LogP) is 3.81. The number of non-ortho nitro benzene ring substituents is 1. The molecule has 2 amide bonds. The van der Waals surface area contributed by atoms with E-state index in [4.69, 9.17) is 27.0 Å². The van der Waals surface area contributed by atoms with Crippen LogP contribution in [0.4, 0.5) is 5.69 Å². The molecule has 9 nitrogen and oxygen atoms in total. The van der Waals surface area contributed by atoms with E-state index in [0.717, 1.165) is 21.4 Å². The van der Waals surface area contributed by atoms with Gasteiger partial charge in [-0.3, -0.25) is 19.7 Å². The van der Waals surface area contributed by atoms with Gasteiger partial charge in [0.1, 0.15) is 12.6 Å². The van der Waals surface area contributed by atoms with Crippen LogP contribution in [-0.2, 0) is 32.1 Å². The lowest BCUT2D eigenvalue weighted by Gasteiger charge is -2.51. The van der Waals surface area contributed by atoms with Crippen molar-refractivity contribution in [3.63, 3.8) is 0 Å². The molecule has 2 unspecified atom stereocenters. The Hall–Kier alpha value is -2.82. The van der Waals surface area contributed by atoms with Gasteiger partial charge < -0.3 is 15.0 Å². The number of benzene rings is 2. The summed E-state index contributed by atoms with van der Waals surface area (Å²) in [4.78, 5) is 47.9. The van der Waals surface area contributed by atoms with Gasteiger partial charge in [-0.1, -0.05) is 41.9 Å². The Bertz CT molecular complexity index is 1120. The molecule has 0 aliphatic carbocycles. The summed E-state index contributed by atoms with van der Waals surface area (Å²) in [6.45, 7) is 2.97. The second-order valence-corrected chi connectivity index (χ2v) is 10.6. The number of ether oxygens (including phenoxy) is 1. The average molecular weight is 540 g/mol. The normalized spacial score (nSPS) is 17.2. The molecule has 1 aliphatic rings. The highest BCUT2D eigenvalue weighted by atomic mass is 35.7. The standard InChI is InChI=1S/C23H23Cl2N3O6S/c1-22(2,35-25)23(24,21(31)34-14-16-8-10-17(11-9-16)28(32)33)27-13-18(20(27)30)26-19(29)12-15-6-4-3-5-7-15/h3-11,18H,12-14H2,1-2H3,(H,26,29). The van der Waals surface area contributed by atoms with Crippen molar-refractivity contribution >= 4 is 56.7 Å². The van der Waals surface area contributed by atoms with Crippen LogP contribution in [0.3, 0.4) is 0 Å². The molecule has 1 fully saturated rings. The fourth-order valence-electron chi connectivity index (χ4n) is 3.53. The van der Waals surface area contributed by atoms with Gasteiger partial charge in [0.25, 0.3) is 5.69 Å². The third kappa shape index (κ3) is 5.71. The van der Waals surface area contributed by atoms with E-state index in [0.29, 0.717) is 5.56 Å². The SMILES string of the molecule is CC(C)(SCl)C(Cl)(C(=O)OCc1ccc([N+](=O)[O-])cc1)N1CC(NC(=O)Cc2ccccc2)C1=O. The first kappa shape index (κ1) is 26.8. The number of hydrogen-bond acceptors (Lipinski definition) is 7. The quantitative estimate of drug-likeness (QED) is 0.122. The zero-order valence-electron chi connectivity index (χ0n) is 18.9. The van der Waals surface area contributed by atoms with Gasteiger partial charge in [0.15, 0.2) is 0 Å². The molecular weight excluding hydrogens is 517 g/mol. The average Bonchev–Trinajstić information content (AvgIpc) is 2.84. The molecule has 186 valence electrons. The molecule has 0 saturated carbocycles. The molecule has 1 heterocycles. The highest BCUT2D eigenvalue weighted by molar-refractivity contribution is 8.22. The number of amides is 2. The molecule has 0 radical (unpaired) electrons. The number of halogens is 2. The van der Waals surface area contributed by atoms with E-state index < -0.39 is 32.6 Å². The molecule has 0 bridgehead atoms. The Kier molecular flexibility index (Phi) is 8.30. The minimum atomic E-state index is -1.96. The summed E-state index contributed by atoms with van der Waals surface area (Å²) in [5, 5.41) is 13.5. The van der Waals surface area contributed by atoms with Crippen LogP contribution < -0.4 is 5.32 Å². The van der Waals surface area contributed by atoms with Crippen LogP contribution in [-0.4, -0.2) is 49.9 Å². The zero-order valence-corrected chi connectivity index (χ0v) is 21.2. The maximum absolute atomic E-state index is 13.2. The molecule has 1 saturated heterocycles. The second kappa shape index (κ2) is 10.8. The number of β-lactam (4-membered cyclic amide) rings is 1. The number of rotatable bonds is 10. The van der Waals surface area contributed by atoms with Crippen molar-refractivity contribution in [2.75, 3.05) is 6.54 Å². The predicted molar refractivity (Wildman–Crippen MR) is 133 cm³/mol. The maximum atomic E-state index is 13.2. The van der Waals surface area contributed by atoms with Crippen molar-refractivity contribution < 1.29 is 24.0 Å². The third-order valence-electron chi connectivity index (χ3n) is 5.62. The molecule has 2 aromatic carbocycles. The first-order chi connectivity index (χ1) is 16.5. The Morgan fingerprint density at radius 3 is 2.34 bits per heavy atom. The topological polar surface area (TPSA) is 119 Å². The lowest BCUT2D eigenvalue weighted by atomic mass is 9.94. The van der Waals surface area contributed by atoms with Crippen LogP contribution in [0.5, 0.6) is 0 Å². The summed E-state index contributed by atoms with van der Waals surface area (Å²) in [5.41, 5.74) is 1.20. The number of nitrogens with one attached hydrogen (secondary N) is 1. The number of esters is 1. The van der Waals surface area contributed by atoms with Crippen molar-refractivity contribution in [3.05, 3.63) is 75.8 Å². The van der Waals surface area contributed by atoms with Crippen molar-refractivity contribution in [3.8, 4) is 0 Å². The van der Waals surface area contributed by atoms with E-state index in [1.807, 2.05) is 18.2 Å². The lowest BCUT2D eigenvalue weighted by molar-refractivity contribution is -0.384. The summed E-state index contributed by atoms with van der Waals surface area (Å²) >= 11 is 6.77. The van der Waals surface area contributed by atoms with Gasteiger partial charge in [-0.25, -0.2) is 4.79 Å². The summed E-state index contributed by atoms with van der Waals surface area (Å²) in [5.74, 6) is -1.77. The Morgan fingerprint density at radius 2 is 1.80 bits per heavy atom. The Balaban J connectivity index is 1.67. The Labute approximate surface area is 215 Å². The fourth-order valence-corrected chi connectivity index (χ4v) is 4.60. The van der Waals surface area contributed by atoms with Gasteiger partial charge in [0, 0.05) is 12.1 Å². The van der Waals surface area contributed by atoms with Gasteiger partial charge in [-0.15, -0.1) is 0 Å². The molecule has 0 spiro atoms. The number of likely N-dealkylation sites (tertiary alicyclic amines) is 1. The molecule has 2 atom stereocenters. The van der Waals surface area contributed by atoms with Crippen molar-refractivity contribution in [2.24, 2.45) is 0 Å². The van der Waals surface area contributed by atoms with Gasteiger partial charge >= 0.3 is 5.97 Å². The van der Waals surface area contributed by atoms with E-state index in [1.165, 1.54) is 24.3 Å². The summed E-state index contributed by atoms with van der Waals surface area (Å²) in [6, 6.07) is 13.7. The summed E-state index contributed by atoms with van der Waals surface area (Å²) in [6.07, 6.45) is 0.108. The van der Waals surface area contributed by atoms with Crippen molar-refractivity contribution in [2.45, 2.75) is 42.7 Å². The molecule has 2 aromatic rings. The molecule has 35 heavy (non-hydrogen) atoms. The molecule has 12 heteroatoms. The van der Waals surface area contributed by atoms with Gasteiger partial charge in [-0.05, 0) is 58.8 Å². The van der Waals surface area contributed by atoms with Gasteiger partial charge in [-0.2, -0.15) is 0 Å². The molecular formula is C23H23Cl2N3O6S. The van der Waals surface area contributed by atoms with Crippen LogP contribution in [0.2, 0.25) is 0 Å². The second-order valence-electron chi connectivity index (χ2n) is 8.44. The first-order valence-corrected chi connectivity index (χ1v) is 12.6.